The number of aromatic nitrogens is 1. The lowest BCUT2D eigenvalue weighted by Gasteiger charge is -2.20. The predicted octanol–water partition coefficient (Wildman–Crippen LogP) is 4.37. The maximum Gasteiger partial charge on any atom is 0.311 e. The number of nitrogens with zero attached hydrogens (tertiary/aromatic N) is 2. The van der Waals surface area contributed by atoms with Gasteiger partial charge in [0.1, 0.15) is 5.52 Å². The Morgan fingerprint density at radius 3 is 2.96 bits per heavy atom. The second-order valence-electron chi connectivity index (χ2n) is 6.74. The maximum absolute atomic E-state index is 12.5. The first-order valence-electron chi connectivity index (χ1n) is 9.11. The van der Waals surface area contributed by atoms with Gasteiger partial charge < -0.3 is 14.1 Å². The van der Waals surface area contributed by atoms with E-state index >= 15 is 0 Å². The van der Waals surface area contributed by atoms with Gasteiger partial charge in [-0.05, 0) is 49.7 Å². The van der Waals surface area contributed by atoms with Crippen molar-refractivity contribution >= 4 is 40.3 Å². The maximum atomic E-state index is 12.5. The Balaban J connectivity index is 1.68. The number of rotatable bonds is 4. The Morgan fingerprint density at radius 1 is 1.36 bits per heavy atom. The summed E-state index contributed by atoms with van der Waals surface area (Å²) in [5, 5.41) is 0.588. The number of hydrogen-bond donors (Lipinski definition) is 0. The van der Waals surface area contributed by atoms with Gasteiger partial charge in [0.05, 0.1) is 12.5 Å². The number of anilines is 1. The minimum absolute atomic E-state index is 0.0948. The number of halogens is 1. The third-order valence-electron chi connectivity index (χ3n) is 4.92. The largest absolute Gasteiger partial charge is 0.466 e. The number of amides is 1. The lowest BCUT2D eigenvalue weighted by Crippen LogP contribution is -2.27. The lowest BCUT2D eigenvalue weighted by atomic mass is 10.1. The highest BCUT2D eigenvalue weighted by Gasteiger charge is 2.36. The van der Waals surface area contributed by atoms with E-state index < -0.39 is 5.92 Å². The van der Waals surface area contributed by atoms with Crippen molar-refractivity contribution in [3.8, 4) is 11.5 Å². The second kappa shape index (κ2) is 7.28. The summed E-state index contributed by atoms with van der Waals surface area (Å²) in [5.41, 5.74) is 3.71. The molecule has 0 radical (unpaired) electrons. The number of benzene rings is 2. The smallest absolute Gasteiger partial charge is 0.311 e. The van der Waals surface area contributed by atoms with Crippen LogP contribution >= 0.6 is 11.6 Å². The van der Waals surface area contributed by atoms with Crippen LogP contribution in [0.4, 0.5) is 5.69 Å². The van der Waals surface area contributed by atoms with Crippen LogP contribution in [0.5, 0.6) is 0 Å². The molecule has 0 N–H and O–H groups in total. The van der Waals surface area contributed by atoms with Crippen LogP contribution in [0, 0.1) is 12.8 Å². The van der Waals surface area contributed by atoms with E-state index in [1.165, 1.54) is 0 Å². The van der Waals surface area contributed by atoms with Gasteiger partial charge in [-0.1, -0.05) is 17.7 Å². The molecule has 1 atom stereocenters. The van der Waals surface area contributed by atoms with Gasteiger partial charge in [0, 0.05) is 29.2 Å². The summed E-state index contributed by atoms with van der Waals surface area (Å²) in [6.45, 7) is 4.29. The zero-order valence-corrected chi connectivity index (χ0v) is 16.3. The normalized spacial score (nSPS) is 16.8. The zero-order chi connectivity index (χ0) is 19.8. The van der Waals surface area contributed by atoms with E-state index in [0.717, 1.165) is 16.8 Å². The van der Waals surface area contributed by atoms with Gasteiger partial charge in [-0.3, -0.25) is 9.59 Å². The zero-order valence-electron chi connectivity index (χ0n) is 15.6. The first-order chi connectivity index (χ1) is 13.5. The summed E-state index contributed by atoms with van der Waals surface area (Å²) >= 11 is 6.03. The summed E-state index contributed by atoms with van der Waals surface area (Å²) in [6.07, 6.45) is 0.157. The average molecular weight is 399 g/mol. The predicted molar refractivity (Wildman–Crippen MR) is 106 cm³/mol. The standard InChI is InChI=1S/C21H19ClN2O4/c1-3-27-21(26)13-9-19(25)24(11-13)17-6-4-5-15(12(17)2)20-23-16-10-14(22)7-8-18(16)28-20/h4-8,10,13H,3,9,11H2,1-2H3/t13-/m0/s1. The summed E-state index contributed by atoms with van der Waals surface area (Å²) in [7, 11) is 0. The third kappa shape index (κ3) is 3.24. The molecule has 1 amide bonds. The molecular formula is C21H19ClN2O4. The highest BCUT2D eigenvalue weighted by Crippen LogP contribution is 2.35. The van der Waals surface area contributed by atoms with Crippen molar-refractivity contribution in [1.29, 1.82) is 0 Å². The SMILES string of the molecule is CCOC(=O)[C@H]1CC(=O)N(c2cccc(-c3nc4cc(Cl)ccc4o3)c2C)C1. The van der Waals surface area contributed by atoms with E-state index in [1.54, 1.807) is 30.0 Å². The van der Waals surface area contributed by atoms with E-state index in [2.05, 4.69) is 4.98 Å². The molecule has 2 aromatic carbocycles. The molecule has 1 aromatic heterocycles. The van der Waals surface area contributed by atoms with Crippen LogP contribution in [0.2, 0.25) is 5.02 Å². The molecule has 1 aliphatic rings. The third-order valence-corrected chi connectivity index (χ3v) is 5.16. The molecule has 6 nitrogen and oxygen atoms in total. The molecule has 28 heavy (non-hydrogen) atoms. The molecule has 1 aliphatic heterocycles. The molecule has 1 saturated heterocycles. The van der Waals surface area contributed by atoms with E-state index in [9.17, 15) is 9.59 Å². The molecule has 1 fully saturated rings. The molecule has 3 aromatic rings. The molecule has 0 unspecified atom stereocenters. The van der Waals surface area contributed by atoms with E-state index in [-0.39, 0.29) is 18.3 Å². The summed E-state index contributed by atoms with van der Waals surface area (Å²) in [4.78, 5) is 30.7. The average Bonchev–Trinajstić information content (AvgIpc) is 3.25. The number of carbonyl (C=O) groups is 2. The van der Waals surface area contributed by atoms with Crippen molar-refractivity contribution in [2.24, 2.45) is 5.92 Å². The van der Waals surface area contributed by atoms with Crippen molar-refractivity contribution in [2.45, 2.75) is 20.3 Å². The first-order valence-corrected chi connectivity index (χ1v) is 9.48. The minimum atomic E-state index is -0.443. The van der Waals surface area contributed by atoms with Crippen LogP contribution in [-0.4, -0.2) is 30.0 Å². The van der Waals surface area contributed by atoms with Crippen molar-refractivity contribution in [3.05, 3.63) is 47.0 Å². The fourth-order valence-corrected chi connectivity index (χ4v) is 3.69. The van der Waals surface area contributed by atoms with Crippen molar-refractivity contribution in [2.75, 3.05) is 18.1 Å². The quantitative estimate of drug-likeness (QED) is 0.610. The first kappa shape index (κ1) is 18.5. The number of oxazole rings is 1. The molecule has 0 aliphatic carbocycles. The molecule has 7 heteroatoms. The fraction of sp³-hybridized carbons (Fsp3) is 0.286. The Labute approximate surface area is 167 Å². The molecule has 0 bridgehead atoms. The number of hydrogen-bond acceptors (Lipinski definition) is 5. The topological polar surface area (TPSA) is 72.6 Å². The summed E-state index contributed by atoms with van der Waals surface area (Å²) < 4.78 is 10.9. The Bertz CT molecular complexity index is 1080. The fourth-order valence-electron chi connectivity index (χ4n) is 3.52. The monoisotopic (exact) mass is 398 g/mol. The van der Waals surface area contributed by atoms with E-state index in [4.69, 9.17) is 20.8 Å². The van der Waals surface area contributed by atoms with Gasteiger partial charge in [-0.2, -0.15) is 0 Å². The van der Waals surface area contributed by atoms with Crippen LogP contribution in [0.25, 0.3) is 22.6 Å². The molecule has 2 heterocycles. The van der Waals surface area contributed by atoms with Gasteiger partial charge in [-0.15, -0.1) is 0 Å². The van der Waals surface area contributed by atoms with Crippen LogP contribution < -0.4 is 4.90 Å². The summed E-state index contributed by atoms with van der Waals surface area (Å²) in [6, 6.07) is 10.9. The van der Waals surface area contributed by atoms with Gasteiger partial charge in [-0.25, -0.2) is 4.98 Å². The van der Waals surface area contributed by atoms with E-state index in [1.807, 2.05) is 25.1 Å². The Hall–Kier alpha value is -2.86. The Kier molecular flexibility index (Phi) is 4.81. The van der Waals surface area contributed by atoms with Crippen LogP contribution in [0.15, 0.2) is 40.8 Å². The van der Waals surface area contributed by atoms with Crippen molar-refractivity contribution < 1.29 is 18.7 Å². The highest BCUT2D eigenvalue weighted by molar-refractivity contribution is 6.31. The Morgan fingerprint density at radius 2 is 2.18 bits per heavy atom. The number of ether oxygens (including phenoxy) is 1. The molecule has 144 valence electrons. The van der Waals surface area contributed by atoms with Crippen LogP contribution in [0.3, 0.4) is 0 Å². The van der Waals surface area contributed by atoms with Gasteiger partial charge in [0.15, 0.2) is 5.58 Å². The number of esters is 1. The number of carbonyl (C=O) groups excluding carboxylic acids is 2. The highest BCUT2D eigenvalue weighted by atomic mass is 35.5. The van der Waals surface area contributed by atoms with Crippen molar-refractivity contribution in [3.63, 3.8) is 0 Å². The summed E-state index contributed by atoms with van der Waals surface area (Å²) in [5.74, 6) is -0.405. The molecule has 4 rings (SSSR count). The molecule has 0 spiro atoms. The lowest BCUT2D eigenvalue weighted by molar-refractivity contribution is -0.147. The van der Waals surface area contributed by atoms with Gasteiger partial charge >= 0.3 is 5.97 Å². The van der Waals surface area contributed by atoms with Crippen LogP contribution in [0.1, 0.15) is 18.9 Å². The van der Waals surface area contributed by atoms with E-state index in [0.29, 0.717) is 35.2 Å². The molecular weight excluding hydrogens is 380 g/mol. The van der Waals surface area contributed by atoms with Gasteiger partial charge in [0.2, 0.25) is 11.8 Å². The van der Waals surface area contributed by atoms with Crippen LogP contribution in [-0.2, 0) is 14.3 Å². The van der Waals surface area contributed by atoms with Crippen molar-refractivity contribution in [1.82, 2.24) is 4.98 Å². The molecule has 0 saturated carbocycles. The second-order valence-corrected chi connectivity index (χ2v) is 7.17. The minimum Gasteiger partial charge on any atom is -0.466 e. The van der Waals surface area contributed by atoms with Gasteiger partial charge in [0.25, 0.3) is 0 Å². The number of fused-ring (bicyclic) bond motifs is 1.